The van der Waals surface area contributed by atoms with Crippen LogP contribution in [-0.4, -0.2) is 36.0 Å². The fraction of sp³-hybridized carbons (Fsp3) is 0.600. The zero-order chi connectivity index (χ0) is 20.1. The van der Waals surface area contributed by atoms with Crippen LogP contribution in [0, 0.1) is 6.92 Å². The second-order valence-corrected chi connectivity index (χ2v) is 9.90. The maximum atomic E-state index is 3.64. The molecule has 4 rings (SSSR count). The lowest BCUT2D eigenvalue weighted by Crippen LogP contribution is -2.36. The summed E-state index contributed by atoms with van der Waals surface area (Å²) in [7, 11) is 0. The van der Waals surface area contributed by atoms with Crippen molar-refractivity contribution in [1.29, 1.82) is 0 Å². The molecule has 1 aromatic carbocycles. The van der Waals surface area contributed by atoms with E-state index in [1.807, 2.05) is 11.9 Å². The van der Waals surface area contributed by atoms with Gasteiger partial charge in [0, 0.05) is 24.5 Å². The van der Waals surface area contributed by atoms with Crippen LogP contribution in [0.5, 0.6) is 0 Å². The average Bonchev–Trinajstić information content (AvgIpc) is 3.21. The van der Waals surface area contributed by atoms with Gasteiger partial charge < -0.3 is 0 Å². The largest absolute Gasteiger partial charge is 0.299 e. The van der Waals surface area contributed by atoms with Crippen molar-refractivity contribution in [2.75, 3.05) is 26.2 Å². The Bertz CT molecular complexity index is 758. The summed E-state index contributed by atoms with van der Waals surface area (Å²) in [5.74, 6) is 0. The van der Waals surface area contributed by atoms with E-state index in [9.17, 15) is 0 Å². The van der Waals surface area contributed by atoms with Gasteiger partial charge in [-0.2, -0.15) is 0 Å². The molecule has 3 nitrogen and oxygen atoms in total. The molecular weight excluding hydrogens is 374 g/mol. The molecule has 1 aromatic rings. The normalized spacial score (nSPS) is 20.5. The summed E-state index contributed by atoms with van der Waals surface area (Å²) in [6.07, 6.45) is 12.3. The Hall–Kier alpha value is -1.07. The summed E-state index contributed by atoms with van der Waals surface area (Å²) in [5, 5.41) is 0. The van der Waals surface area contributed by atoms with E-state index in [1.54, 1.807) is 11.1 Å². The number of hydrogen-bond acceptors (Lipinski definition) is 4. The minimum Gasteiger partial charge on any atom is -0.299 e. The maximum absolute atomic E-state index is 3.64. The summed E-state index contributed by atoms with van der Waals surface area (Å²) in [5.41, 5.74) is 7.62. The molecule has 0 spiro atoms. The minimum atomic E-state index is 0.937. The van der Waals surface area contributed by atoms with E-state index in [2.05, 4.69) is 52.7 Å². The van der Waals surface area contributed by atoms with Crippen LogP contribution >= 0.6 is 11.9 Å². The summed E-state index contributed by atoms with van der Waals surface area (Å²) < 4.78 is 3.64. The van der Waals surface area contributed by atoms with Crippen molar-refractivity contribution in [3.8, 4) is 0 Å². The van der Waals surface area contributed by atoms with Crippen LogP contribution in [0.25, 0.3) is 0 Å². The van der Waals surface area contributed by atoms with Gasteiger partial charge in [0.1, 0.15) is 0 Å². The lowest BCUT2D eigenvalue weighted by Gasteiger charge is -2.32. The van der Waals surface area contributed by atoms with Gasteiger partial charge in [0.2, 0.25) is 0 Å². The van der Waals surface area contributed by atoms with E-state index < -0.39 is 0 Å². The molecule has 1 aliphatic carbocycles. The van der Waals surface area contributed by atoms with Crippen LogP contribution in [-0.2, 0) is 19.6 Å². The molecule has 158 valence electrons. The zero-order valence-electron chi connectivity index (χ0n) is 18.3. The monoisotopic (exact) mass is 411 g/mol. The Labute approximate surface area is 181 Å². The highest BCUT2D eigenvalue weighted by atomic mass is 32.2. The minimum absolute atomic E-state index is 0.937. The summed E-state index contributed by atoms with van der Waals surface area (Å²) in [4.78, 5) is 6.68. The quantitative estimate of drug-likeness (QED) is 0.537. The Morgan fingerprint density at radius 2 is 1.55 bits per heavy atom. The van der Waals surface area contributed by atoms with Gasteiger partial charge in [-0.05, 0) is 106 Å². The number of likely N-dealkylation sites (tertiary alicyclic amines) is 2. The third-order valence-corrected chi connectivity index (χ3v) is 7.64. The van der Waals surface area contributed by atoms with Crippen LogP contribution in [0.4, 0.5) is 0 Å². The molecular formula is C25H37N3S. The molecule has 0 bridgehead atoms. The van der Waals surface area contributed by atoms with Crippen LogP contribution in [0.2, 0.25) is 0 Å². The number of hydrogen-bond donors (Lipinski definition) is 1. The highest BCUT2D eigenvalue weighted by molar-refractivity contribution is 8.01. The van der Waals surface area contributed by atoms with Gasteiger partial charge in [0.05, 0.1) is 0 Å². The van der Waals surface area contributed by atoms with Crippen LogP contribution in [0.15, 0.2) is 34.8 Å². The molecule has 0 radical (unpaired) electrons. The van der Waals surface area contributed by atoms with Crippen molar-refractivity contribution >= 4 is 11.9 Å². The molecule has 0 saturated carbocycles. The van der Waals surface area contributed by atoms with Crippen LogP contribution < -0.4 is 4.72 Å². The van der Waals surface area contributed by atoms with E-state index >= 15 is 0 Å². The third kappa shape index (κ3) is 5.75. The summed E-state index contributed by atoms with van der Waals surface area (Å²) in [6, 6.07) is 4.92. The molecule has 3 aliphatic rings. The smallest absolute Gasteiger partial charge is 0.0313 e. The van der Waals surface area contributed by atoms with E-state index in [1.165, 1.54) is 86.3 Å². The van der Waals surface area contributed by atoms with E-state index in [-0.39, 0.29) is 0 Å². The molecule has 29 heavy (non-hydrogen) atoms. The Morgan fingerprint density at radius 1 is 0.897 bits per heavy atom. The topological polar surface area (TPSA) is 18.5 Å². The van der Waals surface area contributed by atoms with Gasteiger partial charge in [0.15, 0.2) is 0 Å². The number of benzene rings is 1. The average molecular weight is 412 g/mol. The van der Waals surface area contributed by atoms with Crippen LogP contribution in [0.1, 0.15) is 67.7 Å². The van der Waals surface area contributed by atoms with Crippen molar-refractivity contribution in [1.82, 2.24) is 14.5 Å². The van der Waals surface area contributed by atoms with Gasteiger partial charge in [-0.3, -0.25) is 14.5 Å². The first-order valence-electron chi connectivity index (χ1n) is 11.6. The summed E-state index contributed by atoms with van der Waals surface area (Å²) in [6.45, 7) is 12.8. The number of nitrogens with one attached hydrogen (secondary N) is 1. The highest BCUT2D eigenvalue weighted by Gasteiger charge is 2.19. The van der Waals surface area contributed by atoms with Gasteiger partial charge in [-0.25, -0.2) is 0 Å². The predicted octanol–water partition coefficient (Wildman–Crippen LogP) is 5.55. The number of rotatable bonds is 9. The van der Waals surface area contributed by atoms with Crippen molar-refractivity contribution in [3.05, 3.63) is 57.0 Å². The fourth-order valence-corrected chi connectivity index (χ4v) is 5.32. The first-order chi connectivity index (χ1) is 14.2. The Balaban J connectivity index is 1.42. The first-order valence-corrected chi connectivity index (χ1v) is 12.4. The van der Waals surface area contributed by atoms with Gasteiger partial charge in [-0.1, -0.05) is 36.8 Å². The van der Waals surface area contributed by atoms with Crippen molar-refractivity contribution < 1.29 is 0 Å². The second kappa shape index (κ2) is 10.3. The lowest BCUT2D eigenvalue weighted by molar-refractivity contribution is 0.172. The molecule has 4 heteroatoms. The SMILES string of the molecule is CCC1=CC=C(SNCc2cc(CN3CCCC3)c(C)c(CN3CCC3)c2)CC1. The van der Waals surface area contributed by atoms with Gasteiger partial charge in [-0.15, -0.1) is 0 Å². The standard InChI is InChI=1S/C25H37N3S/c1-3-21-7-9-25(10-8-21)29-26-17-22-15-23(18-27-11-4-5-12-27)20(2)24(16-22)19-28-13-6-14-28/h7,9,15-16,26H,3-6,8,10-14,17-19H2,1-2H3. The molecule has 0 atom stereocenters. The lowest BCUT2D eigenvalue weighted by atomic mass is 9.97. The number of allylic oxidation sites excluding steroid dienone is 4. The zero-order valence-corrected chi connectivity index (χ0v) is 19.1. The highest BCUT2D eigenvalue weighted by Crippen LogP contribution is 2.28. The van der Waals surface area contributed by atoms with Gasteiger partial charge >= 0.3 is 0 Å². The first kappa shape index (κ1) is 21.2. The summed E-state index contributed by atoms with van der Waals surface area (Å²) >= 11 is 1.83. The van der Waals surface area contributed by atoms with Gasteiger partial charge in [0.25, 0.3) is 0 Å². The molecule has 2 heterocycles. The predicted molar refractivity (Wildman–Crippen MR) is 126 cm³/mol. The van der Waals surface area contributed by atoms with Crippen LogP contribution in [0.3, 0.4) is 0 Å². The van der Waals surface area contributed by atoms with Crippen molar-refractivity contribution in [2.24, 2.45) is 0 Å². The molecule has 0 amide bonds. The Kier molecular flexibility index (Phi) is 7.52. The van der Waals surface area contributed by atoms with E-state index in [0.29, 0.717) is 0 Å². The molecule has 2 saturated heterocycles. The van der Waals surface area contributed by atoms with E-state index in [0.717, 1.165) is 19.6 Å². The Morgan fingerprint density at radius 3 is 2.07 bits per heavy atom. The molecule has 2 aliphatic heterocycles. The third-order valence-electron chi connectivity index (χ3n) is 6.75. The number of nitrogens with zero attached hydrogens (tertiary/aromatic N) is 2. The molecule has 0 unspecified atom stereocenters. The second-order valence-electron chi connectivity index (χ2n) is 8.89. The van der Waals surface area contributed by atoms with Crippen molar-refractivity contribution in [2.45, 2.75) is 72.0 Å². The maximum Gasteiger partial charge on any atom is 0.0313 e. The van der Waals surface area contributed by atoms with E-state index in [4.69, 9.17) is 0 Å². The fourth-order valence-electron chi connectivity index (χ4n) is 4.56. The molecule has 1 N–H and O–H groups in total. The molecule has 2 fully saturated rings. The van der Waals surface area contributed by atoms with Crippen molar-refractivity contribution in [3.63, 3.8) is 0 Å². The molecule has 0 aromatic heterocycles.